The third-order valence-corrected chi connectivity index (χ3v) is 5.78. The van der Waals surface area contributed by atoms with Crippen molar-refractivity contribution >= 4 is 35.5 Å². The van der Waals surface area contributed by atoms with Crippen molar-refractivity contribution in [2.45, 2.75) is 24.4 Å². The monoisotopic (exact) mass is 405 g/mol. The molecule has 0 aliphatic carbocycles. The van der Waals surface area contributed by atoms with Crippen LogP contribution in [0.3, 0.4) is 0 Å². The number of esters is 1. The molecule has 148 valence electrons. The van der Waals surface area contributed by atoms with Crippen LogP contribution in [0.15, 0.2) is 41.6 Å². The van der Waals surface area contributed by atoms with Crippen molar-refractivity contribution in [1.29, 1.82) is 0 Å². The highest BCUT2D eigenvalue weighted by Crippen LogP contribution is 2.40. The smallest absolute Gasteiger partial charge is 0.352 e. The van der Waals surface area contributed by atoms with Crippen LogP contribution in [0.1, 0.15) is 18.5 Å². The predicted octanol–water partition coefficient (Wildman–Crippen LogP) is -0.0119. The second-order valence-corrected chi connectivity index (χ2v) is 7.43. The van der Waals surface area contributed by atoms with Crippen LogP contribution in [-0.4, -0.2) is 57.5 Å². The van der Waals surface area contributed by atoms with Gasteiger partial charge in [-0.25, -0.2) is 4.79 Å². The lowest BCUT2D eigenvalue weighted by atomic mass is 10.0. The van der Waals surface area contributed by atoms with Crippen molar-refractivity contribution in [3.63, 3.8) is 0 Å². The van der Waals surface area contributed by atoms with E-state index in [1.54, 1.807) is 30.3 Å². The molecule has 1 unspecified atom stereocenters. The van der Waals surface area contributed by atoms with E-state index in [9.17, 15) is 24.3 Å². The predicted molar refractivity (Wildman–Crippen MR) is 99.7 cm³/mol. The van der Waals surface area contributed by atoms with Crippen LogP contribution in [0.4, 0.5) is 0 Å². The first-order chi connectivity index (χ1) is 13.3. The number of ether oxygens (including phenoxy) is 1. The van der Waals surface area contributed by atoms with Crippen molar-refractivity contribution in [3.05, 3.63) is 47.2 Å². The normalized spacial score (nSPS) is 22.1. The summed E-state index contributed by atoms with van der Waals surface area (Å²) < 4.78 is 4.88. The molecule has 3 atom stereocenters. The molecule has 1 aromatic carbocycles. The lowest BCUT2D eigenvalue weighted by molar-refractivity contribution is -0.151. The molecule has 9 nitrogen and oxygen atoms in total. The van der Waals surface area contributed by atoms with Crippen LogP contribution in [0.2, 0.25) is 0 Å². The van der Waals surface area contributed by atoms with Gasteiger partial charge in [0, 0.05) is 18.2 Å². The first-order valence-electron chi connectivity index (χ1n) is 8.45. The number of nitrogens with one attached hydrogen (secondary N) is 1. The van der Waals surface area contributed by atoms with Gasteiger partial charge in [-0.2, -0.15) is 0 Å². The molecule has 2 aliphatic rings. The zero-order chi connectivity index (χ0) is 20.4. The lowest BCUT2D eigenvalue weighted by Gasteiger charge is -2.49. The highest BCUT2D eigenvalue weighted by atomic mass is 32.2. The van der Waals surface area contributed by atoms with E-state index in [-0.39, 0.29) is 18.1 Å². The Morgan fingerprint density at radius 3 is 2.64 bits per heavy atom. The number of benzene rings is 1. The molecule has 10 heteroatoms. The molecule has 28 heavy (non-hydrogen) atoms. The third kappa shape index (κ3) is 3.73. The first-order valence-corrected chi connectivity index (χ1v) is 9.50. The van der Waals surface area contributed by atoms with E-state index in [0.717, 1.165) is 4.90 Å². The minimum atomic E-state index is -1.29. The Balaban J connectivity index is 1.72. The number of amides is 2. The molecule has 4 N–H and O–H groups in total. The fraction of sp³-hybridized carbons (Fsp3) is 0.333. The number of hydrogen-bond donors (Lipinski definition) is 3. The Morgan fingerprint density at radius 1 is 1.36 bits per heavy atom. The molecule has 1 saturated heterocycles. The summed E-state index contributed by atoms with van der Waals surface area (Å²) >= 11 is 1.29. The average Bonchev–Trinajstić information content (AvgIpc) is 2.69. The molecule has 0 aromatic heterocycles. The second kappa shape index (κ2) is 8.03. The number of carbonyl (C=O) groups is 4. The summed E-state index contributed by atoms with van der Waals surface area (Å²) in [5.41, 5.74) is 6.69. The number of nitrogens with zero attached hydrogens (tertiary/aromatic N) is 1. The number of β-lactam (4-membered cyclic amide) rings is 1. The largest absolute Gasteiger partial charge is 0.477 e. The number of rotatable bonds is 6. The topological polar surface area (TPSA) is 139 Å². The molecule has 2 aliphatic heterocycles. The highest BCUT2D eigenvalue weighted by molar-refractivity contribution is 8.00. The van der Waals surface area contributed by atoms with E-state index in [2.05, 4.69) is 5.32 Å². The van der Waals surface area contributed by atoms with Crippen LogP contribution < -0.4 is 11.1 Å². The van der Waals surface area contributed by atoms with E-state index < -0.39 is 41.2 Å². The van der Waals surface area contributed by atoms with E-state index in [1.807, 2.05) is 0 Å². The SMILES string of the molecule is CC(=O)OCC1=C(C(=O)O)N2C(=O)[C@H](NC(=O)C(N)c3ccccc3)[C@@H]2SC1. The fourth-order valence-electron chi connectivity index (χ4n) is 3.04. The Kier molecular flexibility index (Phi) is 5.71. The van der Waals surface area contributed by atoms with E-state index >= 15 is 0 Å². The molecule has 2 heterocycles. The summed E-state index contributed by atoms with van der Waals surface area (Å²) in [5, 5.41) is 11.6. The minimum Gasteiger partial charge on any atom is -0.477 e. The second-order valence-electron chi connectivity index (χ2n) is 6.32. The zero-order valence-electron chi connectivity index (χ0n) is 15.0. The van der Waals surface area contributed by atoms with Crippen molar-refractivity contribution in [2.24, 2.45) is 5.73 Å². The molecule has 0 spiro atoms. The lowest BCUT2D eigenvalue weighted by Crippen LogP contribution is -2.71. The number of carboxylic acids is 1. The van der Waals surface area contributed by atoms with Crippen molar-refractivity contribution in [3.8, 4) is 0 Å². The van der Waals surface area contributed by atoms with Gasteiger partial charge in [-0.3, -0.25) is 19.3 Å². The van der Waals surface area contributed by atoms with Crippen LogP contribution in [0.5, 0.6) is 0 Å². The molecule has 1 fully saturated rings. The fourth-order valence-corrected chi connectivity index (χ4v) is 4.37. The van der Waals surface area contributed by atoms with Crippen molar-refractivity contribution in [1.82, 2.24) is 10.2 Å². The van der Waals surface area contributed by atoms with Crippen LogP contribution >= 0.6 is 11.8 Å². The molecule has 3 rings (SSSR count). The zero-order valence-corrected chi connectivity index (χ0v) is 15.8. The molecule has 1 aromatic rings. The van der Waals surface area contributed by atoms with Gasteiger partial charge in [0.2, 0.25) is 5.91 Å². The number of carbonyl (C=O) groups excluding carboxylic acids is 3. The van der Waals surface area contributed by atoms with Gasteiger partial charge in [0.25, 0.3) is 5.91 Å². The number of thioether (sulfide) groups is 1. The standard InChI is InChI=1S/C18H19N3O6S/c1-9(22)27-7-11-8-28-17-13(16(24)21(17)14(11)18(25)26)20-15(23)12(19)10-5-3-2-4-6-10/h2-6,12-13,17H,7-8,19H2,1H3,(H,20,23)(H,25,26)/t12?,13-,17-/m0/s1. The summed E-state index contributed by atoms with van der Waals surface area (Å²) in [5.74, 6) is -2.62. The molecule has 0 bridgehead atoms. The van der Waals surface area contributed by atoms with E-state index in [1.165, 1.54) is 18.7 Å². The van der Waals surface area contributed by atoms with E-state index in [0.29, 0.717) is 11.1 Å². The Morgan fingerprint density at radius 2 is 2.04 bits per heavy atom. The summed E-state index contributed by atoms with van der Waals surface area (Å²) in [4.78, 5) is 48.7. The van der Waals surface area contributed by atoms with Gasteiger partial charge in [0.15, 0.2) is 0 Å². The number of aliphatic carboxylic acids is 1. The highest BCUT2D eigenvalue weighted by Gasteiger charge is 2.54. The summed E-state index contributed by atoms with van der Waals surface area (Å²) in [7, 11) is 0. The Labute approximate surface area is 164 Å². The molecule has 2 amide bonds. The first kappa shape index (κ1) is 19.9. The minimum absolute atomic E-state index is 0.198. The van der Waals surface area contributed by atoms with Gasteiger partial charge in [0.1, 0.15) is 29.8 Å². The van der Waals surface area contributed by atoms with Gasteiger partial charge in [-0.05, 0) is 5.56 Å². The molecular formula is C18H19N3O6S. The van der Waals surface area contributed by atoms with Gasteiger partial charge in [-0.1, -0.05) is 30.3 Å². The Hall–Kier alpha value is -2.85. The maximum Gasteiger partial charge on any atom is 0.352 e. The maximum absolute atomic E-state index is 12.5. The van der Waals surface area contributed by atoms with Crippen molar-refractivity contribution < 1.29 is 29.0 Å². The quantitative estimate of drug-likeness (QED) is 0.444. The van der Waals surface area contributed by atoms with Gasteiger partial charge in [0.05, 0.1) is 0 Å². The number of fused-ring (bicyclic) bond motifs is 1. The van der Waals surface area contributed by atoms with Crippen LogP contribution in [0, 0.1) is 0 Å². The van der Waals surface area contributed by atoms with Gasteiger partial charge in [-0.15, -0.1) is 11.8 Å². The Bertz CT molecular complexity index is 856. The number of carboxylic acid groups (broad SMARTS) is 1. The summed E-state index contributed by atoms with van der Waals surface area (Å²) in [6, 6.07) is 6.92. The maximum atomic E-state index is 12.5. The third-order valence-electron chi connectivity index (χ3n) is 4.44. The summed E-state index contributed by atoms with van der Waals surface area (Å²) in [6.45, 7) is 1.02. The molecular weight excluding hydrogens is 386 g/mol. The molecule has 0 saturated carbocycles. The summed E-state index contributed by atoms with van der Waals surface area (Å²) in [6.07, 6.45) is 0. The van der Waals surface area contributed by atoms with Crippen LogP contribution in [0.25, 0.3) is 0 Å². The van der Waals surface area contributed by atoms with Crippen molar-refractivity contribution in [2.75, 3.05) is 12.4 Å². The van der Waals surface area contributed by atoms with Gasteiger partial charge < -0.3 is 20.9 Å². The average molecular weight is 405 g/mol. The molecule has 0 radical (unpaired) electrons. The van der Waals surface area contributed by atoms with Gasteiger partial charge >= 0.3 is 11.9 Å². The van der Waals surface area contributed by atoms with E-state index in [4.69, 9.17) is 10.5 Å². The number of hydrogen-bond acceptors (Lipinski definition) is 7. The number of nitrogens with two attached hydrogens (primary N) is 1. The van der Waals surface area contributed by atoms with Crippen LogP contribution in [-0.2, 0) is 23.9 Å².